The second-order valence-electron chi connectivity index (χ2n) is 3.28. The Hall–Kier alpha value is -2.02. The largest absolute Gasteiger partial charge is 0.388 e. The molecule has 0 aliphatic carbocycles. The summed E-state index contributed by atoms with van der Waals surface area (Å²) < 4.78 is 0. The SMILES string of the molecule is C=C/C=C(\C=C)c1cccc(NC)c1C=C. The lowest BCUT2D eigenvalue weighted by Gasteiger charge is -2.11. The standard InChI is InChI=1S/C15H17N/c1-5-9-12(6-2)14-10-8-11-15(16-4)13(14)7-3/h5-11,16H,1-3H2,4H3/b12-9+. The molecular weight excluding hydrogens is 194 g/mol. The molecule has 0 aliphatic heterocycles. The van der Waals surface area contributed by atoms with E-state index in [0.29, 0.717) is 0 Å². The van der Waals surface area contributed by atoms with Crippen molar-refractivity contribution in [1.29, 1.82) is 0 Å². The summed E-state index contributed by atoms with van der Waals surface area (Å²) in [5.41, 5.74) is 4.29. The summed E-state index contributed by atoms with van der Waals surface area (Å²) >= 11 is 0. The van der Waals surface area contributed by atoms with Crippen LogP contribution in [-0.4, -0.2) is 7.05 Å². The number of nitrogens with one attached hydrogen (secondary N) is 1. The Kier molecular flexibility index (Phi) is 4.34. The summed E-state index contributed by atoms with van der Waals surface area (Å²) in [4.78, 5) is 0. The van der Waals surface area contributed by atoms with Gasteiger partial charge in [-0.1, -0.05) is 56.2 Å². The molecule has 1 nitrogen and oxygen atoms in total. The topological polar surface area (TPSA) is 12.0 Å². The Balaban J connectivity index is 3.42. The summed E-state index contributed by atoms with van der Waals surface area (Å²) in [5, 5.41) is 3.15. The molecule has 0 amide bonds. The zero-order valence-electron chi connectivity index (χ0n) is 9.66. The maximum absolute atomic E-state index is 3.85. The van der Waals surface area contributed by atoms with Gasteiger partial charge in [0.1, 0.15) is 0 Å². The van der Waals surface area contributed by atoms with Crippen LogP contribution in [-0.2, 0) is 0 Å². The summed E-state index contributed by atoms with van der Waals surface area (Å²) in [6, 6.07) is 6.08. The van der Waals surface area contributed by atoms with Gasteiger partial charge in [0, 0.05) is 18.3 Å². The highest BCUT2D eigenvalue weighted by atomic mass is 14.8. The average molecular weight is 211 g/mol. The van der Waals surface area contributed by atoms with Crippen molar-refractivity contribution in [2.45, 2.75) is 0 Å². The van der Waals surface area contributed by atoms with Gasteiger partial charge >= 0.3 is 0 Å². The van der Waals surface area contributed by atoms with Crippen molar-refractivity contribution in [2.75, 3.05) is 12.4 Å². The first kappa shape index (κ1) is 12.1. The summed E-state index contributed by atoms with van der Waals surface area (Å²) in [6.45, 7) is 11.4. The molecule has 1 N–H and O–H groups in total. The maximum Gasteiger partial charge on any atom is 0.0417 e. The van der Waals surface area contributed by atoms with E-state index in [0.717, 1.165) is 22.4 Å². The number of rotatable bonds is 5. The number of benzene rings is 1. The molecule has 0 aliphatic rings. The van der Waals surface area contributed by atoms with Gasteiger partial charge < -0.3 is 5.32 Å². The van der Waals surface area contributed by atoms with Crippen molar-refractivity contribution in [3.8, 4) is 0 Å². The van der Waals surface area contributed by atoms with Crippen molar-refractivity contribution >= 4 is 17.3 Å². The molecule has 0 atom stereocenters. The highest BCUT2D eigenvalue weighted by molar-refractivity contribution is 5.85. The van der Waals surface area contributed by atoms with Gasteiger partial charge in [-0.15, -0.1) is 0 Å². The second-order valence-corrected chi connectivity index (χ2v) is 3.28. The number of hydrogen-bond donors (Lipinski definition) is 1. The lowest BCUT2D eigenvalue weighted by molar-refractivity contribution is 1.47. The first-order valence-corrected chi connectivity index (χ1v) is 5.17. The van der Waals surface area contributed by atoms with Gasteiger partial charge in [0.2, 0.25) is 0 Å². The van der Waals surface area contributed by atoms with Crippen LogP contribution in [0.2, 0.25) is 0 Å². The molecule has 0 spiro atoms. The second kappa shape index (κ2) is 5.76. The minimum atomic E-state index is 1.04. The molecule has 0 radical (unpaired) electrons. The van der Waals surface area contributed by atoms with E-state index < -0.39 is 0 Å². The molecule has 1 rings (SSSR count). The molecule has 1 aromatic rings. The lowest BCUT2D eigenvalue weighted by Crippen LogP contribution is -1.95. The minimum Gasteiger partial charge on any atom is -0.388 e. The van der Waals surface area contributed by atoms with Crippen LogP contribution in [0.5, 0.6) is 0 Å². The summed E-state index contributed by atoms with van der Waals surface area (Å²) in [5.74, 6) is 0. The number of allylic oxidation sites excluding steroid dienone is 4. The minimum absolute atomic E-state index is 1.04. The van der Waals surface area contributed by atoms with Crippen molar-refractivity contribution in [2.24, 2.45) is 0 Å². The van der Waals surface area contributed by atoms with E-state index in [9.17, 15) is 0 Å². The van der Waals surface area contributed by atoms with Gasteiger partial charge in [-0.25, -0.2) is 0 Å². The quantitative estimate of drug-likeness (QED) is 0.722. The van der Waals surface area contributed by atoms with Crippen LogP contribution < -0.4 is 5.32 Å². The van der Waals surface area contributed by atoms with Crippen LogP contribution in [0.1, 0.15) is 11.1 Å². The molecule has 1 heteroatoms. The first-order chi connectivity index (χ1) is 7.78. The van der Waals surface area contributed by atoms with E-state index in [1.54, 1.807) is 6.08 Å². The monoisotopic (exact) mass is 211 g/mol. The molecule has 0 aromatic heterocycles. The van der Waals surface area contributed by atoms with Crippen molar-refractivity contribution < 1.29 is 0 Å². The van der Waals surface area contributed by atoms with Crippen molar-refractivity contribution in [1.82, 2.24) is 0 Å². The van der Waals surface area contributed by atoms with E-state index in [1.807, 2.05) is 37.4 Å². The molecule has 1 aromatic carbocycles. The summed E-state index contributed by atoms with van der Waals surface area (Å²) in [7, 11) is 1.90. The van der Waals surface area contributed by atoms with Crippen molar-refractivity contribution in [3.05, 3.63) is 67.3 Å². The molecule has 82 valence electrons. The van der Waals surface area contributed by atoms with Crippen LogP contribution in [0.25, 0.3) is 11.6 Å². The van der Waals surface area contributed by atoms with E-state index >= 15 is 0 Å². The molecule has 0 bridgehead atoms. The van der Waals surface area contributed by atoms with Gasteiger partial charge in [0.05, 0.1) is 0 Å². The fourth-order valence-corrected chi connectivity index (χ4v) is 1.65. The zero-order chi connectivity index (χ0) is 12.0. The van der Waals surface area contributed by atoms with Gasteiger partial charge in [-0.05, 0) is 17.2 Å². The Morgan fingerprint density at radius 1 is 1.25 bits per heavy atom. The molecule has 16 heavy (non-hydrogen) atoms. The van der Waals surface area contributed by atoms with E-state index in [1.165, 1.54) is 0 Å². The molecule has 0 saturated carbocycles. The van der Waals surface area contributed by atoms with Crippen LogP contribution in [0.4, 0.5) is 5.69 Å². The van der Waals surface area contributed by atoms with Crippen molar-refractivity contribution in [3.63, 3.8) is 0 Å². The average Bonchev–Trinajstić information content (AvgIpc) is 2.34. The summed E-state index contributed by atoms with van der Waals surface area (Å²) in [6.07, 6.45) is 7.37. The maximum atomic E-state index is 3.85. The van der Waals surface area contributed by atoms with E-state index in [2.05, 4.69) is 31.1 Å². The molecule has 0 fully saturated rings. The van der Waals surface area contributed by atoms with Gasteiger partial charge in [0.15, 0.2) is 0 Å². The zero-order valence-corrected chi connectivity index (χ0v) is 9.66. The third kappa shape index (κ3) is 2.31. The van der Waals surface area contributed by atoms with E-state index in [-0.39, 0.29) is 0 Å². The number of anilines is 1. The highest BCUT2D eigenvalue weighted by Crippen LogP contribution is 2.27. The lowest BCUT2D eigenvalue weighted by atomic mass is 9.97. The third-order valence-corrected chi connectivity index (χ3v) is 2.41. The fourth-order valence-electron chi connectivity index (χ4n) is 1.65. The predicted molar refractivity (Wildman–Crippen MR) is 74.5 cm³/mol. The molecule has 0 saturated heterocycles. The van der Waals surface area contributed by atoms with Crippen LogP contribution in [0.3, 0.4) is 0 Å². The fraction of sp³-hybridized carbons (Fsp3) is 0.0667. The highest BCUT2D eigenvalue weighted by Gasteiger charge is 2.05. The normalized spacial score (nSPS) is 10.7. The van der Waals surface area contributed by atoms with Crippen LogP contribution in [0, 0.1) is 0 Å². The third-order valence-electron chi connectivity index (χ3n) is 2.41. The molecule has 0 heterocycles. The van der Waals surface area contributed by atoms with Gasteiger partial charge in [-0.3, -0.25) is 0 Å². The van der Waals surface area contributed by atoms with Gasteiger partial charge in [0.25, 0.3) is 0 Å². The smallest absolute Gasteiger partial charge is 0.0417 e. The molecular formula is C15H17N. The Bertz CT molecular complexity index is 439. The van der Waals surface area contributed by atoms with E-state index in [4.69, 9.17) is 0 Å². The van der Waals surface area contributed by atoms with Gasteiger partial charge in [-0.2, -0.15) is 0 Å². The Morgan fingerprint density at radius 3 is 2.50 bits per heavy atom. The van der Waals surface area contributed by atoms with Crippen LogP contribution >= 0.6 is 0 Å². The number of hydrogen-bond acceptors (Lipinski definition) is 1. The first-order valence-electron chi connectivity index (χ1n) is 5.17. The van der Waals surface area contributed by atoms with Crippen LogP contribution in [0.15, 0.2) is 56.2 Å². The molecule has 0 unspecified atom stereocenters. The Labute approximate surface area is 97.5 Å². The Morgan fingerprint density at radius 2 is 2.00 bits per heavy atom. The predicted octanol–water partition coefficient (Wildman–Crippen LogP) is 4.13.